The fourth-order valence-corrected chi connectivity index (χ4v) is 1.83. The molecule has 0 radical (unpaired) electrons. The maximum absolute atomic E-state index is 5.95. The predicted molar refractivity (Wildman–Crippen MR) is 82.2 cm³/mol. The van der Waals surface area contributed by atoms with Crippen LogP contribution in [0.3, 0.4) is 0 Å². The van der Waals surface area contributed by atoms with Crippen LogP contribution in [0, 0.1) is 0 Å². The van der Waals surface area contributed by atoms with E-state index in [9.17, 15) is 0 Å². The van der Waals surface area contributed by atoms with E-state index >= 15 is 0 Å². The number of aromatic nitrogens is 4. The predicted octanol–water partition coefficient (Wildman–Crippen LogP) is 2.77. The first-order chi connectivity index (χ1) is 9.67. The van der Waals surface area contributed by atoms with E-state index in [2.05, 4.69) is 35.7 Å². The van der Waals surface area contributed by atoms with Gasteiger partial charge in [-0.15, -0.1) is 12.4 Å². The molecule has 0 atom stereocenters. The summed E-state index contributed by atoms with van der Waals surface area (Å²) in [6.07, 6.45) is 0. The topological polar surface area (TPSA) is 115 Å². The molecule has 8 nitrogen and oxygen atoms in total. The monoisotopic (exact) mass is 347 g/mol. The zero-order valence-corrected chi connectivity index (χ0v) is 12.5. The molecule has 2 aromatic heterocycles. The van der Waals surface area contributed by atoms with E-state index in [1.165, 1.54) is 0 Å². The fourth-order valence-electron chi connectivity index (χ4n) is 1.54. The van der Waals surface area contributed by atoms with Gasteiger partial charge in [0.1, 0.15) is 0 Å². The van der Waals surface area contributed by atoms with Gasteiger partial charge in [0.15, 0.2) is 11.6 Å². The van der Waals surface area contributed by atoms with Gasteiger partial charge in [0.2, 0.25) is 11.3 Å². The van der Waals surface area contributed by atoms with Crippen LogP contribution in [-0.2, 0) is 0 Å². The molecule has 11 heteroatoms. The minimum atomic E-state index is 0. The number of halogens is 3. The van der Waals surface area contributed by atoms with E-state index < -0.39 is 0 Å². The van der Waals surface area contributed by atoms with Crippen LogP contribution in [-0.4, -0.2) is 20.3 Å². The Morgan fingerprint density at radius 3 is 2.29 bits per heavy atom. The fraction of sp³-hybridized carbons (Fsp3) is 0. The molecule has 110 valence electrons. The second kappa shape index (κ2) is 6.27. The number of benzene rings is 1. The van der Waals surface area contributed by atoms with Gasteiger partial charge >= 0.3 is 0 Å². The minimum absolute atomic E-state index is 0. The standard InChI is InChI=1S/C10H7Cl2N7O.ClH/c11-5-2-1-4(3-6(5)12)14-7-8(17-13)16-10-9(15-7)18-20-19-10;/h1-3H,13H2,(H,14,15,18)(H,16,17,19);1H. The lowest BCUT2D eigenvalue weighted by atomic mass is 10.3. The number of nitrogens with two attached hydrogens (primary N) is 1. The highest BCUT2D eigenvalue weighted by atomic mass is 35.5. The average molecular weight is 349 g/mol. The molecule has 0 bridgehead atoms. The van der Waals surface area contributed by atoms with Gasteiger partial charge < -0.3 is 10.7 Å². The minimum Gasteiger partial charge on any atom is -0.337 e. The van der Waals surface area contributed by atoms with Crippen LogP contribution in [0.2, 0.25) is 10.0 Å². The molecule has 0 spiro atoms. The Bertz CT molecular complexity index is 778. The molecule has 0 aliphatic heterocycles. The van der Waals surface area contributed by atoms with Crippen molar-refractivity contribution < 1.29 is 4.63 Å². The van der Waals surface area contributed by atoms with Crippen molar-refractivity contribution in [2.24, 2.45) is 5.84 Å². The molecule has 3 rings (SSSR count). The lowest BCUT2D eigenvalue weighted by Gasteiger charge is -2.09. The Morgan fingerprint density at radius 1 is 1.00 bits per heavy atom. The lowest BCUT2D eigenvalue weighted by Crippen LogP contribution is -2.12. The number of nitrogens with one attached hydrogen (secondary N) is 2. The molecular formula is C10H8Cl3N7O. The third-order valence-electron chi connectivity index (χ3n) is 2.43. The molecular weight excluding hydrogens is 341 g/mol. The van der Waals surface area contributed by atoms with Crippen LogP contribution in [0.5, 0.6) is 0 Å². The number of fused-ring (bicyclic) bond motifs is 1. The summed E-state index contributed by atoms with van der Waals surface area (Å²) in [5.74, 6) is 6.05. The molecule has 1 aromatic carbocycles. The van der Waals surface area contributed by atoms with Gasteiger partial charge in [0.05, 0.1) is 10.0 Å². The molecule has 21 heavy (non-hydrogen) atoms. The summed E-state index contributed by atoms with van der Waals surface area (Å²) >= 11 is 11.8. The highest BCUT2D eigenvalue weighted by molar-refractivity contribution is 6.42. The number of nitrogen functional groups attached to an aromatic ring is 1. The average Bonchev–Trinajstić information content (AvgIpc) is 2.89. The molecule has 0 unspecified atom stereocenters. The smallest absolute Gasteiger partial charge is 0.245 e. The van der Waals surface area contributed by atoms with Crippen molar-refractivity contribution in [1.29, 1.82) is 0 Å². The Morgan fingerprint density at radius 2 is 1.67 bits per heavy atom. The van der Waals surface area contributed by atoms with Crippen molar-refractivity contribution >= 4 is 64.2 Å². The van der Waals surface area contributed by atoms with Crippen LogP contribution in [0.25, 0.3) is 11.3 Å². The SMILES string of the molecule is Cl.NNc1nc2nonc2nc1Nc1ccc(Cl)c(Cl)c1. The van der Waals surface area contributed by atoms with Gasteiger partial charge in [0, 0.05) is 5.69 Å². The largest absolute Gasteiger partial charge is 0.337 e. The van der Waals surface area contributed by atoms with Gasteiger partial charge in [-0.3, -0.25) is 0 Å². The first kappa shape index (κ1) is 15.5. The molecule has 3 aromatic rings. The van der Waals surface area contributed by atoms with Gasteiger partial charge in [-0.05, 0) is 28.5 Å². The number of anilines is 3. The molecule has 0 aliphatic rings. The van der Waals surface area contributed by atoms with Gasteiger partial charge in [-0.2, -0.15) is 4.98 Å². The highest BCUT2D eigenvalue weighted by Crippen LogP contribution is 2.28. The molecule has 0 amide bonds. The second-order valence-corrected chi connectivity index (χ2v) is 4.54. The molecule has 0 saturated carbocycles. The summed E-state index contributed by atoms with van der Waals surface area (Å²) in [6.45, 7) is 0. The first-order valence-corrected chi connectivity index (χ1v) is 6.12. The van der Waals surface area contributed by atoms with Crippen molar-refractivity contribution in [3.05, 3.63) is 28.2 Å². The summed E-state index contributed by atoms with van der Waals surface area (Å²) in [4.78, 5) is 8.30. The van der Waals surface area contributed by atoms with Crippen LogP contribution >= 0.6 is 35.6 Å². The highest BCUT2D eigenvalue weighted by Gasteiger charge is 2.12. The van der Waals surface area contributed by atoms with Crippen LogP contribution < -0.4 is 16.6 Å². The molecule has 0 fully saturated rings. The number of nitrogens with zero attached hydrogens (tertiary/aromatic N) is 4. The van der Waals surface area contributed by atoms with Crippen LogP contribution in [0.15, 0.2) is 22.8 Å². The van der Waals surface area contributed by atoms with Crippen molar-refractivity contribution in [1.82, 2.24) is 20.3 Å². The number of hydrogen-bond acceptors (Lipinski definition) is 8. The van der Waals surface area contributed by atoms with Crippen LogP contribution in [0.1, 0.15) is 0 Å². The van der Waals surface area contributed by atoms with Gasteiger partial charge in [-0.25, -0.2) is 15.5 Å². The van der Waals surface area contributed by atoms with Gasteiger partial charge in [0.25, 0.3) is 0 Å². The van der Waals surface area contributed by atoms with E-state index in [0.29, 0.717) is 27.4 Å². The zero-order valence-electron chi connectivity index (χ0n) is 10.2. The Kier molecular flexibility index (Phi) is 4.63. The van der Waals surface area contributed by atoms with Gasteiger partial charge in [-0.1, -0.05) is 23.2 Å². The quantitative estimate of drug-likeness (QED) is 0.489. The maximum Gasteiger partial charge on any atom is 0.245 e. The summed E-state index contributed by atoms with van der Waals surface area (Å²) in [5, 5.41) is 11.1. The maximum atomic E-state index is 5.95. The Labute approximate surface area is 134 Å². The summed E-state index contributed by atoms with van der Waals surface area (Å²) < 4.78 is 4.54. The van der Waals surface area contributed by atoms with E-state index in [1.807, 2.05) is 0 Å². The van der Waals surface area contributed by atoms with E-state index in [-0.39, 0.29) is 23.7 Å². The van der Waals surface area contributed by atoms with Crippen molar-refractivity contribution in [2.75, 3.05) is 10.7 Å². The summed E-state index contributed by atoms with van der Waals surface area (Å²) in [7, 11) is 0. The molecule has 0 saturated heterocycles. The zero-order chi connectivity index (χ0) is 14.1. The normalized spacial score (nSPS) is 10.2. The summed E-state index contributed by atoms with van der Waals surface area (Å²) in [6, 6.07) is 5.05. The van der Waals surface area contributed by atoms with Crippen molar-refractivity contribution in [3.63, 3.8) is 0 Å². The third kappa shape index (κ3) is 3.08. The van der Waals surface area contributed by atoms with E-state index in [4.69, 9.17) is 29.0 Å². The number of rotatable bonds is 3. The molecule has 4 N–H and O–H groups in total. The van der Waals surface area contributed by atoms with E-state index in [0.717, 1.165) is 0 Å². The third-order valence-corrected chi connectivity index (χ3v) is 3.17. The molecule has 0 aliphatic carbocycles. The first-order valence-electron chi connectivity index (χ1n) is 5.36. The van der Waals surface area contributed by atoms with Crippen molar-refractivity contribution in [3.8, 4) is 0 Å². The van der Waals surface area contributed by atoms with Crippen LogP contribution in [0.4, 0.5) is 17.3 Å². The van der Waals surface area contributed by atoms with E-state index in [1.54, 1.807) is 18.2 Å². The molecule has 2 heterocycles. The Hall–Kier alpha value is -1.87. The summed E-state index contributed by atoms with van der Waals surface area (Å²) in [5.41, 5.74) is 3.59. The number of hydrogen-bond donors (Lipinski definition) is 3. The second-order valence-electron chi connectivity index (χ2n) is 3.73. The lowest BCUT2D eigenvalue weighted by molar-refractivity contribution is 0.314. The Balaban J connectivity index is 0.00000161. The number of hydrazine groups is 1. The van der Waals surface area contributed by atoms with Crippen molar-refractivity contribution in [2.45, 2.75) is 0 Å².